The second-order valence-corrected chi connectivity index (χ2v) is 8.26. The van der Waals surface area contributed by atoms with Gasteiger partial charge in [-0.2, -0.15) is 11.8 Å². The number of aliphatic hydroxyl groups is 1. The van der Waals surface area contributed by atoms with Gasteiger partial charge in [-0.15, -0.1) is 0 Å². The first-order chi connectivity index (χ1) is 9.49. The van der Waals surface area contributed by atoms with Crippen LogP contribution < -0.4 is 5.32 Å². The number of sulfone groups is 1. The van der Waals surface area contributed by atoms with Crippen molar-refractivity contribution in [2.75, 3.05) is 18.6 Å². The molecule has 0 saturated heterocycles. The van der Waals surface area contributed by atoms with Crippen molar-refractivity contribution >= 4 is 21.6 Å². The number of hydrogen-bond acceptors (Lipinski definition) is 5. The van der Waals surface area contributed by atoms with Crippen LogP contribution >= 0.6 is 11.8 Å². The molecule has 0 amide bonds. The third-order valence-corrected chi connectivity index (χ3v) is 6.79. The average Bonchev–Trinajstić information content (AvgIpc) is 2.44. The van der Waals surface area contributed by atoms with Gasteiger partial charge >= 0.3 is 0 Å². The minimum atomic E-state index is -3.14. The Morgan fingerprint density at radius 3 is 2.80 bits per heavy atom. The SMILES string of the molecule is CSC(CO)C(C)NC1CCS(=O)(=O)c2ccccc21. The molecule has 0 aliphatic carbocycles. The summed E-state index contributed by atoms with van der Waals surface area (Å²) in [6.07, 6.45) is 2.55. The molecule has 1 aliphatic rings. The fourth-order valence-corrected chi connectivity index (χ4v) is 4.88. The Morgan fingerprint density at radius 1 is 1.45 bits per heavy atom. The lowest BCUT2D eigenvalue weighted by molar-refractivity contribution is 0.269. The van der Waals surface area contributed by atoms with Gasteiger partial charge in [0.15, 0.2) is 9.84 Å². The number of rotatable bonds is 5. The van der Waals surface area contributed by atoms with Gasteiger partial charge < -0.3 is 10.4 Å². The van der Waals surface area contributed by atoms with Gasteiger partial charge in [0, 0.05) is 17.3 Å². The first kappa shape index (κ1) is 15.8. The normalized spacial score (nSPS) is 23.9. The molecule has 1 heterocycles. The molecular formula is C14H21NO3S2. The molecule has 4 nitrogen and oxygen atoms in total. The predicted octanol–water partition coefficient (Wildman–Crippen LogP) is 1.61. The Labute approximate surface area is 124 Å². The molecule has 3 unspecified atom stereocenters. The summed E-state index contributed by atoms with van der Waals surface area (Å²) >= 11 is 1.62. The highest BCUT2D eigenvalue weighted by Gasteiger charge is 2.31. The molecule has 0 fully saturated rings. The fourth-order valence-electron chi connectivity index (χ4n) is 2.62. The maximum Gasteiger partial charge on any atom is 0.178 e. The quantitative estimate of drug-likeness (QED) is 0.864. The summed E-state index contributed by atoms with van der Waals surface area (Å²) in [5, 5.41) is 12.9. The van der Waals surface area contributed by atoms with Crippen LogP contribution in [0.15, 0.2) is 29.2 Å². The Kier molecular flexibility index (Phi) is 5.12. The van der Waals surface area contributed by atoms with E-state index in [0.717, 1.165) is 5.56 Å². The smallest absolute Gasteiger partial charge is 0.178 e. The van der Waals surface area contributed by atoms with E-state index in [9.17, 15) is 13.5 Å². The monoisotopic (exact) mass is 315 g/mol. The van der Waals surface area contributed by atoms with Crippen molar-refractivity contribution in [2.24, 2.45) is 0 Å². The van der Waals surface area contributed by atoms with Gasteiger partial charge in [-0.3, -0.25) is 0 Å². The zero-order chi connectivity index (χ0) is 14.8. The van der Waals surface area contributed by atoms with Crippen molar-refractivity contribution in [1.29, 1.82) is 0 Å². The molecule has 0 spiro atoms. The number of hydrogen-bond donors (Lipinski definition) is 2. The van der Waals surface area contributed by atoms with Crippen LogP contribution in [0, 0.1) is 0 Å². The highest BCUT2D eigenvalue weighted by Crippen LogP contribution is 2.32. The standard InChI is InChI=1S/C14H21NO3S2/c1-10(13(9-16)19-2)15-12-7-8-20(17,18)14-6-4-3-5-11(12)14/h3-6,10,12-13,15-16H,7-9H2,1-2H3. The van der Waals surface area contributed by atoms with Crippen LogP contribution in [0.2, 0.25) is 0 Å². The Morgan fingerprint density at radius 2 is 2.15 bits per heavy atom. The second kappa shape index (κ2) is 6.47. The lowest BCUT2D eigenvalue weighted by Gasteiger charge is -2.31. The molecule has 0 bridgehead atoms. The first-order valence-corrected chi connectivity index (χ1v) is 9.65. The summed E-state index contributed by atoms with van der Waals surface area (Å²) < 4.78 is 24.2. The van der Waals surface area contributed by atoms with E-state index in [2.05, 4.69) is 5.32 Å². The maximum atomic E-state index is 12.1. The molecular weight excluding hydrogens is 294 g/mol. The van der Waals surface area contributed by atoms with Gasteiger partial charge in [0.05, 0.1) is 17.3 Å². The van der Waals surface area contributed by atoms with Crippen molar-refractivity contribution in [3.05, 3.63) is 29.8 Å². The Balaban J connectivity index is 2.23. The topological polar surface area (TPSA) is 66.4 Å². The summed E-state index contributed by atoms with van der Waals surface area (Å²) in [7, 11) is -3.14. The van der Waals surface area contributed by atoms with E-state index < -0.39 is 9.84 Å². The van der Waals surface area contributed by atoms with Gasteiger partial charge in [0.1, 0.15) is 0 Å². The van der Waals surface area contributed by atoms with Crippen molar-refractivity contribution in [1.82, 2.24) is 5.32 Å². The summed E-state index contributed by atoms with van der Waals surface area (Å²) in [5.74, 6) is 0.178. The molecule has 0 saturated carbocycles. The van der Waals surface area contributed by atoms with Gasteiger partial charge in [0.2, 0.25) is 0 Å². The number of benzene rings is 1. The minimum absolute atomic E-state index is 0.0333. The number of aliphatic hydroxyl groups excluding tert-OH is 1. The summed E-state index contributed by atoms with van der Waals surface area (Å²) in [5.41, 5.74) is 0.850. The van der Waals surface area contributed by atoms with Crippen molar-refractivity contribution in [3.8, 4) is 0 Å². The zero-order valence-electron chi connectivity index (χ0n) is 11.7. The van der Waals surface area contributed by atoms with Crippen LogP contribution in [0.3, 0.4) is 0 Å². The van der Waals surface area contributed by atoms with E-state index in [0.29, 0.717) is 11.3 Å². The Hall–Kier alpha value is -0.560. The second-order valence-electron chi connectivity index (χ2n) is 5.11. The lowest BCUT2D eigenvalue weighted by Crippen LogP contribution is -2.41. The first-order valence-electron chi connectivity index (χ1n) is 6.71. The van der Waals surface area contributed by atoms with Crippen LogP contribution in [-0.2, 0) is 9.84 Å². The minimum Gasteiger partial charge on any atom is -0.395 e. The van der Waals surface area contributed by atoms with Crippen molar-refractivity contribution in [3.63, 3.8) is 0 Å². The molecule has 1 aliphatic heterocycles. The van der Waals surface area contributed by atoms with E-state index in [1.54, 1.807) is 23.9 Å². The molecule has 2 rings (SSSR count). The largest absolute Gasteiger partial charge is 0.395 e. The summed E-state index contributed by atoms with van der Waals surface area (Å²) in [6, 6.07) is 7.35. The molecule has 1 aromatic carbocycles. The third-order valence-electron chi connectivity index (χ3n) is 3.81. The fraction of sp³-hybridized carbons (Fsp3) is 0.571. The van der Waals surface area contributed by atoms with Crippen LogP contribution in [0.5, 0.6) is 0 Å². The van der Waals surface area contributed by atoms with Gasteiger partial charge in [0.25, 0.3) is 0 Å². The molecule has 20 heavy (non-hydrogen) atoms. The van der Waals surface area contributed by atoms with Gasteiger partial charge in [-0.1, -0.05) is 18.2 Å². The number of fused-ring (bicyclic) bond motifs is 1. The maximum absolute atomic E-state index is 12.1. The van der Waals surface area contributed by atoms with Crippen LogP contribution in [0.25, 0.3) is 0 Å². The molecule has 3 atom stereocenters. The average molecular weight is 315 g/mol. The highest BCUT2D eigenvalue weighted by atomic mass is 32.2. The van der Waals surface area contributed by atoms with Gasteiger partial charge in [-0.05, 0) is 31.2 Å². The summed E-state index contributed by atoms with van der Waals surface area (Å²) in [6.45, 7) is 2.14. The molecule has 6 heteroatoms. The van der Waals surface area contributed by atoms with E-state index in [-0.39, 0.29) is 29.7 Å². The number of nitrogens with one attached hydrogen (secondary N) is 1. The van der Waals surface area contributed by atoms with Crippen LogP contribution in [0.4, 0.5) is 0 Å². The third kappa shape index (κ3) is 3.19. The molecule has 2 N–H and O–H groups in total. The highest BCUT2D eigenvalue weighted by molar-refractivity contribution is 7.99. The van der Waals surface area contributed by atoms with Crippen LogP contribution in [-0.4, -0.2) is 43.4 Å². The van der Waals surface area contributed by atoms with Crippen molar-refractivity contribution < 1.29 is 13.5 Å². The van der Waals surface area contributed by atoms with E-state index in [1.165, 1.54) is 0 Å². The van der Waals surface area contributed by atoms with Crippen molar-refractivity contribution in [2.45, 2.75) is 35.6 Å². The molecule has 0 aromatic heterocycles. The molecule has 112 valence electrons. The van der Waals surface area contributed by atoms with E-state index in [1.807, 2.05) is 25.3 Å². The molecule has 0 radical (unpaired) electrons. The summed E-state index contributed by atoms with van der Waals surface area (Å²) in [4.78, 5) is 0.445. The predicted molar refractivity (Wildman–Crippen MR) is 82.8 cm³/mol. The number of thioether (sulfide) groups is 1. The van der Waals surface area contributed by atoms with Crippen LogP contribution in [0.1, 0.15) is 24.9 Å². The molecule has 1 aromatic rings. The van der Waals surface area contributed by atoms with E-state index in [4.69, 9.17) is 0 Å². The van der Waals surface area contributed by atoms with E-state index >= 15 is 0 Å². The lowest BCUT2D eigenvalue weighted by atomic mass is 10.0. The van der Waals surface area contributed by atoms with Gasteiger partial charge in [-0.25, -0.2) is 8.42 Å². The zero-order valence-corrected chi connectivity index (χ0v) is 13.4. The Bertz CT molecular complexity index is 555.